The Balaban J connectivity index is 1.58. The third kappa shape index (κ3) is 6.13. The van der Waals surface area contributed by atoms with Crippen molar-refractivity contribution in [3.8, 4) is 17.2 Å². The minimum Gasteiger partial charge on any atom is -0.493 e. The minimum atomic E-state index is -0.930. The van der Waals surface area contributed by atoms with Gasteiger partial charge in [-0.2, -0.15) is 0 Å². The third-order valence-corrected chi connectivity index (χ3v) is 5.30. The van der Waals surface area contributed by atoms with Gasteiger partial charge < -0.3 is 24.6 Å². The molecule has 162 valence electrons. The fraction of sp³-hybridized carbons (Fsp3) is 0.217. The Labute approximate surface area is 185 Å². The lowest BCUT2D eigenvalue weighted by Crippen LogP contribution is -2.35. The molecule has 0 bridgehead atoms. The first kappa shape index (κ1) is 22.5. The number of nitrogens with zero attached hydrogens (tertiary/aromatic N) is 1. The number of para-hydroxylation sites is 1. The molecule has 3 rings (SSSR count). The largest absolute Gasteiger partial charge is 0.493 e. The number of aliphatic hydroxyl groups excluding tert-OH is 1. The first-order valence-electron chi connectivity index (χ1n) is 9.60. The molecule has 0 saturated heterocycles. The second kappa shape index (κ2) is 11.2. The van der Waals surface area contributed by atoms with Gasteiger partial charge in [0.1, 0.15) is 17.7 Å². The Bertz CT molecular complexity index is 978. The zero-order valence-electron chi connectivity index (χ0n) is 17.3. The van der Waals surface area contributed by atoms with Crippen LogP contribution < -0.4 is 19.5 Å². The molecule has 3 aromatic rings. The van der Waals surface area contributed by atoms with Gasteiger partial charge in [0.25, 0.3) is 5.91 Å². The van der Waals surface area contributed by atoms with Crippen molar-refractivity contribution in [3.63, 3.8) is 0 Å². The van der Waals surface area contributed by atoms with E-state index >= 15 is 0 Å². The number of carbonyl (C=O) groups excluding carboxylic acids is 1. The van der Waals surface area contributed by atoms with Crippen LogP contribution in [0.3, 0.4) is 0 Å². The lowest BCUT2D eigenvalue weighted by Gasteiger charge is -2.17. The first-order valence-corrected chi connectivity index (χ1v) is 10.4. The van der Waals surface area contributed by atoms with Crippen molar-refractivity contribution in [2.24, 2.45) is 0 Å². The Morgan fingerprint density at radius 2 is 1.74 bits per heavy atom. The van der Waals surface area contributed by atoms with Gasteiger partial charge in [-0.25, -0.2) is 4.98 Å². The number of aromatic nitrogens is 1. The van der Waals surface area contributed by atoms with Crippen LogP contribution in [0, 0.1) is 0 Å². The molecular weight excluding hydrogens is 416 g/mol. The van der Waals surface area contributed by atoms with E-state index in [2.05, 4.69) is 10.3 Å². The SMILES string of the molecule is COc1cccc(OC)c1OCC(O)CNC(=O)c1cccnc1Sc1ccccc1. The molecule has 0 aliphatic rings. The summed E-state index contributed by atoms with van der Waals surface area (Å²) in [6, 6.07) is 18.4. The maximum atomic E-state index is 12.7. The van der Waals surface area contributed by atoms with E-state index in [9.17, 15) is 9.90 Å². The van der Waals surface area contributed by atoms with E-state index in [4.69, 9.17) is 14.2 Å². The number of amides is 1. The van der Waals surface area contributed by atoms with Crippen LogP contribution in [-0.4, -0.2) is 49.5 Å². The number of nitrogens with one attached hydrogen (secondary N) is 1. The molecule has 0 fully saturated rings. The average molecular weight is 441 g/mol. The molecule has 0 aliphatic heterocycles. The van der Waals surface area contributed by atoms with E-state index in [0.29, 0.717) is 27.8 Å². The van der Waals surface area contributed by atoms with Crippen molar-refractivity contribution >= 4 is 17.7 Å². The van der Waals surface area contributed by atoms with E-state index in [1.54, 1.807) is 36.5 Å². The molecule has 2 N–H and O–H groups in total. The van der Waals surface area contributed by atoms with Crippen molar-refractivity contribution in [2.45, 2.75) is 16.0 Å². The molecule has 1 heterocycles. The van der Waals surface area contributed by atoms with Crippen LogP contribution in [-0.2, 0) is 0 Å². The second-order valence-electron chi connectivity index (χ2n) is 6.44. The van der Waals surface area contributed by atoms with Gasteiger partial charge in [-0.15, -0.1) is 0 Å². The maximum Gasteiger partial charge on any atom is 0.254 e. The molecule has 1 atom stereocenters. The van der Waals surface area contributed by atoms with E-state index in [-0.39, 0.29) is 19.1 Å². The van der Waals surface area contributed by atoms with E-state index in [1.165, 1.54) is 26.0 Å². The monoisotopic (exact) mass is 440 g/mol. The van der Waals surface area contributed by atoms with Gasteiger partial charge in [-0.1, -0.05) is 36.0 Å². The molecule has 0 saturated carbocycles. The molecular formula is C23H24N2O5S. The molecule has 2 aromatic carbocycles. The van der Waals surface area contributed by atoms with Crippen LogP contribution in [0.4, 0.5) is 0 Å². The van der Waals surface area contributed by atoms with Gasteiger partial charge >= 0.3 is 0 Å². The third-order valence-electron chi connectivity index (χ3n) is 4.27. The van der Waals surface area contributed by atoms with Gasteiger partial charge in [0.2, 0.25) is 5.75 Å². The van der Waals surface area contributed by atoms with Crippen molar-refractivity contribution < 1.29 is 24.1 Å². The number of ether oxygens (including phenoxy) is 3. The second-order valence-corrected chi connectivity index (χ2v) is 7.50. The zero-order chi connectivity index (χ0) is 22.1. The summed E-state index contributed by atoms with van der Waals surface area (Å²) in [5.74, 6) is 1.06. The predicted molar refractivity (Wildman–Crippen MR) is 118 cm³/mol. The summed E-state index contributed by atoms with van der Waals surface area (Å²) in [6.45, 7) is -0.0314. The Morgan fingerprint density at radius 1 is 1.03 bits per heavy atom. The van der Waals surface area contributed by atoms with Gasteiger partial charge in [-0.3, -0.25) is 4.79 Å². The summed E-state index contributed by atoms with van der Waals surface area (Å²) in [5.41, 5.74) is 0.441. The quantitative estimate of drug-likeness (QED) is 0.499. The van der Waals surface area contributed by atoms with Crippen molar-refractivity contribution in [3.05, 3.63) is 72.4 Å². The number of benzene rings is 2. The average Bonchev–Trinajstić information content (AvgIpc) is 2.81. The Kier molecular flexibility index (Phi) is 8.14. The highest BCUT2D eigenvalue weighted by Gasteiger charge is 2.17. The molecule has 31 heavy (non-hydrogen) atoms. The highest BCUT2D eigenvalue weighted by molar-refractivity contribution is 7.99. The summed E-state index contributed by atoms with van der Waals surface area (Å²) in [5, 5.41) is 13.6. The van der Waals surface area contributed by atoms with Gasteiger partial charge in [0.15, 0.2) is 11.5 Å². The van der Waals surface area contributed by atoms with Gasteiger partial charge in [-0.05, 0) is 36.4 Å². The van der Waals surface area contributed by atoms with Crippen molar-refractivity contribution in [2.75, 3.05) is 27.4 Å². The highest BCUT2D eigenvalue weighted by Crippen LogP contribution is 2.36. The number of hydrogen-bond donors (Lipinski definition) is 2. The Hall–Kier alpha value is -3.23. The summed E-state index contributed by atoms with van der Waals surface area (Å²) >= 11 is 1.41. The number of hydrogen-bond acceptors (Lipinski definition) is 7. The van der Waals surface area contributed by atoms with Crippen molar-refractivity contribution in [1.29, 1.82) is 0 Å². The fourth-order valence-electron chi connectivity index (χ4n) is 2.75. The highest BCUT2D eigenvalue weighted by atomic mass is 32.2. The number of carbonyl (C=O) groups is 1. The molecule has 1 unspecified atom stereocenters. The van der Waals surface area contributed by atoms with E-state index in [0.717, 1.165) is 4.90 Å². The maximum absolute atomic E-state index is 12.7. The molecule has 8 heteroatoms. The topological polar surface area (TPSA) is 89.9 Å². The molecule has 0 radical (unpaired) electrons. The molecule has 1 amide bonds. The molecule has 0 spiro atoms. The Morgan fingerprint density at radius 3 is 2.42 bits per heavy atom. The number of rotatable bonds is 10. The predicted octanol–water partition coefficient (Wildman–Crippen LogP) is 3.42. The summed E-state index contributed by atoms with van der Waals surface area (Å²) < 4.78 is 16.2. The summed E-state index contributed by atoms with van der Waals surface area (Å²) in [7, 11) is 3.05. The number of aliphatic hydroxyl groups is 1. The van der Waals surface area contributed by atoms with Crippen LogP contribution in [0.2, 0.25) is 0 Å². The first-order chi connectivity index (χ1) is 15.1. The van der Waals surface area contributed by atoms with Crippen LogP contribution in [0.5, 0.6) is 17.2 Å². The zero-order valence-corrected chi connectivity index (χ0v) is 18.1. The lowest BCUT2D eigenvalue weighted by molar-refractivity contribution is 0.0831. The van der Waals surface area contributed by atoms with Gasteiger partial charge in [0, 0.05) is 17.6 Å². The number of pyridine rings is 1. The minimum absolute atomic E-state index is 0.0145. The molecule has 0 aliphatic carbocycles. The van der Waals surface area contributed by atoms with Crippen LogP contribution >= 0.6 is 11.8 Å². The molecule has 7 nitrogen and oxygen atoms in total. The normalized spacial score (nSPS) is 11.5. The van der Waals surface area contributed by atoms with Crippen LogP contribution in [0.15, 0.2) is 76.8 Å². The van der Waals surface area contributed by atoms with Crippen molar-refractivity contribution in [1.82, 2.24) is 10.3 Å². The van der Waals surface area contributed by atoms with Crippen LogP contribution in [0.1, 0.15) is 10.4 Å². The summed E-state index contributed by atoms with van der Waals surface area (Å²) in [6.07, 6.45) is 0.714. The van der Waals surface area contributed by atoms with E-state index < -0.39 is 6.10 Å². The fourth-order valence-corrected chi connectivity index (χ4v) is 3.65. The lowest BCUT2D eigenvalue weighted by atomic mass is 10.2. The molecule has 1 aromatic heterocycles. The van der Waals surface area contributed by atoms with Crippen LogP contribution in [0.25, 0.3) is 0 Å². The van der Waals surface area contributed by atoms with Gasteiger partial charge in [0.05, 0.1) is 19.8 Å². The van der Waals surface area contributed by atoms with E-state index in [1.807, 2.05) is 30.3 Å². The summed E-state index contributed by atoms with van der Waals surface area (Å²) in [4.78, 5) is 18.0. The number of methoxy groups -OCH3 is 2. The standard InChI is InChI=1S/C23H24N2O5S/c1-28-19-11-6-12-20(29-2)21(19)30-15-16(26)14-25-22(27)18-10-7-13-24-23(18)31-17-8-4-3-5-9-17/h3-13,16,26H,14-15H2,1-2H3,(H,25,27). The smallest absolute Gasteiger partial charge is 0.254 e.